The lowest BCUT2D eigenvalue weighted by Gasteiger charge is -2.28. The number of benzene rings is 1. The van der Waals surface area contributed by atoms with Gasteiger partial charge in [0.05, 0.1) is 12.1 Å². The summed E-state index contributed by atoms with van der Waals surface area (Å²) in [7, 11) is 0. The van der Waals surface area contributed by atoms with Crippen molar-refractivity contribution in [1.82, 2.24) is 37.2 Å². The third kappa shape index (κ3) is 25.0. The van der Waals surface area contributed by atoms with Crippen molar-refractivity contribution in [2.75, 3.05) is 32.7 Å². The molecule has 0 spiro atoms. The Bertz CT molecular complexity index is 1890. The van der Waals surface area contributed by atoms with Crippen molar-refractivity contribution >= 4 is 52.9 Å². The molecule has 0 bridgehead atoms. The predicted molar refractivity (Wildman–Crippen MR) is 282 cm³/mol. The predicted octanol–water partition coefficient (Wildman–Crippen LogP) is 1.44. The van der Waals surface area contributed by atoms with Crippen molar-refractivity contribution in [1.29, 1.82) is 0 Å². The van der Waals surface area contributed by atoms with Crippen LogP contribution in [-0.2, 0) is 49.6 Å². The molecule has 20 nitrogen and oxygen atoms in total. The van der Waals surface area contributed by atoms with E-state index in [4.69, 9.17) is 22.9 Å². The van der Waals surface area contributed by atoms with Gasteiger partial charge in [0, 0.05) is 44.2 Å². The number of unbranched alkanes of at least 4 members (excludes halogenated alkanes) is 7. The van der Waals surface area contributed by atoms with Crippen LogP contribution < -0.4 is 60.2 Å². The van der Waals surface area contributed by atoms with Crippen LogP contribution in [0.25, 0.3) is 0 Å². The highest BCUT2D eigenvalue weighted by Crippen LogP contribution is 2.19. The fourth-order valence-electron chi connectivity index (χ4n) is 8.86. The lowest BCUT2D eigenvalue weighted by atomic mass is 9.89. The topological polar surface area (TPSA) is 342 Å². The van der Waals surface area contributed by atoms with Crippen molar-refractivity contribution in [3.8, 4) is 0 Å². The van der Waals surface area contributed by atoms with Gasteiger partial charge in [-0.3, -0.25) is 43.2 Å². The molecule has 2 rings (SSSR count). The van der Waals surface area contributed by atoms with Crippen LogP contribution in [0.15, 0.2) is 30.3 Å². The van der Waals surface area contributed by atoms with E-state index < -0.39 is 102 Å². The van der Waals surface area contributed by atoms with Crippen molar-refractivity contribution in [3.05, 3.63) is 35.9 Å². The van der Waals surface area contributed by atoms with Crippen LogP contribution in [0.3, 0.4) is 0 Å². The second-order valence-electron chi connectivity index (χ2n) is 20.4. The van der Waals surface area contributed by atoms with Crippen molar-refractivity contribution in [3.63, 3.8) is 0 Å². The standard InChI is InChI=1S/C53H91N11O9/c1-6-7-8-9-10-11-12-16-19-47(67)59-44(33-57)46(66)31-37-23-27-58-50(70)42(28-34(2)3)64-52(72)41(22-26-56)61-51(71)40(21-25-55)62-53(73)43(29-35(4)5)63-49(69)38(30-36-17-14-13-15-18-36)32-45(65)39(20-24-54)60-48(37)68/h13-15,17-18,34-35,37-44H,6-12,16,19-33,54-57H2,1-5H3,(H,58,70)(H,59,67)(H,60,68)(H,61,71)(H,62,73)(H,63,69)(H,64,72)/t37-,38+,39+,40+,41+,42+,43+,44-/m1/s1. The Kier molecular flexibility index (Phi) is 31.3. The van der Waals surface area contributed by atoms with E-state index in [1.165, 1.54) is 12.8 Å². The van der Waals surface area contributed by atoms with Gasteiger partial charge in [0.2, 0.25) is 41.4 Å². The van der Waals surface area contributed by atoms with E-state index in [0.29, 0.717) is 6.42 Å². The molecular weight excluding hydrogens is 935 g/mol. The minimum absolute atomic E-state index is 0.0212. The average molecular weight is 1030 g/mol. The zero-order valence-electron chi connectivity index (χ0n) is 44.4. The molecule has 7 amide bonds. The minimum atomic E-state index is -1.23. The summed E-state index contributed by atoms with van der Waals surface area (Å²) in [6, 6.07) is 1.94. The summed E-state index contributed by atoms with van der Waals surface area (Å²) in [6.07, 6.45) is 7.96. The minimum Gasteiger partial charge on any atom is -0.354 e. The molecule has 0 unspecified atom stereocenters. The molecule has 412 valence electrons. The number of nitrogens with two attached hydrogens (primary N) is 4. The lowest BCUT2D eigenvalue weighted by molar-refractivity contribution is -0.136. The Morgan fingerprint density at radius 1 is 0.589 bits per heavy atom. The molecule has 1 aromatic carbocycles. The van der Waals surface area contributed by atoms with Crippen molar-refractivity contribution in [2.24, 2.45) is 46.6 Å². The van der Waals surface area contributed by atoms with Gasteiger partial charge in [-0.1, -0.05) is 110 Å². The highest BCUT2D eigenvalue weighted by atomic mass is 16.2. The summed E-state index contributed by atoms with van der Waals surface area (Å²) in [6.45, 7) is 9.12. The number of rotatable bonds is 26. The molecule has 73 heavy (non-hydrogen) atoms. The van der Waals surface area contributed by atoms with Crippen molar-refractivity contribution < 1.29 is 43.2 Å². The molecule has 0 aromatic heterocycles. The van der Waals surface area contributed by atoms with Gasteiger partial charge in [-0.15, -0.1) is 0 Å². The van der Waals surface area contributed by atoms with Crippen LogP contribution in [0.1, 0.15) is 149 Å². The molecule has 1 aromatic rings. The Morgan fingerprint density at radius 3 is 1.59 bits per heavy atom. The maximum absolute atomic E-state index is 14.4. The Morgan fingerprint density at radius 2 is 1.05 bits per heavy atom. The summed E-state index contributed by atoms with van der Waals surface area (Å²) in [4.78, 5) is 126. The zero-order valence-corrected chi connectivity index (χ0v) is 44.4. The fraction of sp³-hybridized carbons (Fsp3) is 0.717. The number of hydrogen-bond acceptors (Lipinski definition) is 13. The van der Waals surface area contributed by atoms with Crippen LogP contribution in [0.2, 0.25) is 0 Å². The summed E-state index contributed by atoms with van der Waals surface area (Å²) < 4.78 is 0. The quantitative estimate of drug-likeness (QED) is 0.0586. The second kappa shape index (κ2) is 35.8. The Labute approximate surface area is 433 Å². The molecule has 20 heteroatoms. The van der Waals surface area contributed by atoms with Gasteiger partial charge in [0.25, 0.3) is 0 Å². The van der Waals surface area contributed by atoms with Crippen LogP contribution in [0.5, 0.6) is 0 Å². The molecule has 1 saturated heterocycles. The number of Topliss-reactive ketones (excluding diaryl/α,β-unsaturated/α-hetero) is 2. The van der Waals surface area contributed by atoms with Gasteiger partial charge in [-0.25, -0.2) is 0 Å². The summed E-state index contributed by atoms with van der Waals surface area (Å²) >= 11 is 0. The first kappa shape index (κ1) is 63.8. The number of hydrogen-bond donors (Lipinski definition) is 11. The van der Waals surface area contributed by atoms with Crippen LogP contribution in [0.4, 0.5) is 0 Å². The SMILES string of the molecule is CCCCCCCCCCC(=O)N[C@H](CN)C(=O)C[C@H]1CCNC(=O)[C@H](CC(C)C)NC(=O)[C@H](CCN)NC(=O)[C@H](CCN)NC(=O)[C@H](CC(C)C)NC(=O)[C@@H](Cc2ccccc2)CC(=O)[C@H](CCN)NC1=O. The zero-order chi connectivity index (χ0) is 54.3. The van der Waals surface area contributed by atoms with E-state index in [-0.39, 0.29) is 108 Å². The number of carbonyl (C=O) groups excluding carboxylic acids is 9. The van der Waals surface area contributed by atoms with Gasteiger partial charge >= 0.3 is 0 Å². The number of nitrogens with one attached hydrogen (secondary N) is 7. The van der Waals surface area contributed by atoms with Crippen molar-refractivity contribution in [2.45, 2.75) is 186 Å². The third-order valence-corrected chi connectivity index (χ3v) is 13.0. The molecule has 0 saturated carbocycles. The highest BCUT2D eigenvalue weighted by molar-refractivity contribution is 5.98. The highest BCUT2D eigenvalue weighted by Gasteiger charge is 2.36. The molecule has 1 aliphatic rings. The molecule has 8 atom stereocenters. The molecule has 1 fully saturated rings. The monoisotopic (exact) mass is 1030 g/mol. The second-order valence-corrected chi connectivity index (χ2v) is 20.4. The molecule has 1 heterocycles. The van der Waals surface area contributed by atoms with Crippen LogP contribution >= 0.6 is 0 Å². The smallest absolute Gasteiger partial charge is 0.243 e. The summed E-state index contributed by atoms with van der Waals surface area (Å²) in [5.41, 5.74) is 24.6. The largest absolute Gasteiger partial charge is 0.354 e. The van der Waals surface area contributed by atoms with Gasteiger partial charge in [0.15, 0.2) is 11.6 Å². The normalized spacial score (nSPS) is 22.9. The van der Waals surface area contributed by atoms with E-state index >= 15 is 0 Å². The molecular formula is C53H91N11O9. The summed E-state index contributed by atoms with van der Waals surface area (Å²) in [5, 5.41) is 19.3. The number of amides is 7. The first-order chi connectivity index (χ1) is 34.9. The number of ketones is 2. The van der Waals surface area contributed by atoms with Gasteiger partial charge < -0.3 is 60.2 Å². The Hall–Kier alpha value is -5.31. The van der Waals surface area contributed by atoms with E-state index in [9.17, 15) is 43.2 Å². The molecule has 1 aliphatic heterocycles. The van der Waals surface area contributed by atoms with Gasteiger partial charge in [-0.05, 0) is 88.4 Å². The third-order valence-electron chi connectivity index (χ3n) is 13.0. The van der Waals surface area contributed by atoms with Crippen LogP contribution in [-0.4, -0.2) is 122 Å². The Balaban J connectivity index is 2.62. The van der Waals surface area contributed by atoms with E-state index in [2.05, 4.69) is 44.1 Å². The lowest BCUT2D eigenvalue weighted by Crippen LogP contribution is -2.59. The van der Waals surface area contributed by atoms with Gasteiger partial charge in [0.1, 0.15) is 24.2 Å². The average Bonchev–Trinajstić information content (AvgIpc) is 3.34. The van der Waals surface area contributed by atoms with E-state index in [0.717, 1.165) is 37.7 Å². The molecule has 15 N–H and O–H groups in total. The van der Waals surface area contributed by atoms with Gasteiger partial charge in [-0.2, -0.15) is 0 Å². The van der Waals surface area contributed by atoms with Crippen LogP contribution in [0, 0.1) is 23.7 Å². The maximum Gasteiger partial charge on any atom is 0.243 e. The molecule has 0 aliphatic carbocycles. The number of carbonyl (C=O) groups is 9. The first-order valence-corrected chi connectivity index (χ1v) is 26.9. The fourth-order valence-corrected chi connectivity index (χ4v) is 8.86. The molecule has 0 radical (unpaired) electrons. The first-order valence-electron chi connectivity index (χ1n) is 26.9. The van der Waals surface area contributed by atoms with E-state index in [1.54, 1.807) is 30.3 Å². The maximum atomic E-state index is 14.4. The summed E-state index contributed by atoms with van der Waals surface area (Å²) in [5.74, 6) is -7.86. The van der Waals surface area contributed by atoms with E-state index in [1.807, 2.05) is 27.7 Å².